The van der Waals surface area contributed by atoms with E-state index in [1.807, 2.05) is 6.26 Å². The highest BCUT2D eigenvalue weighted by atomic mass is 32.2. The molecule has 1 nitrogen and oxygen atoms in total. The van der Waals surface area contributed by atoms with Crippen molar-refractivity contribution in [2.75, 3.05) is 6.26 Å². The SMILES string of the molecule is CSc1ccc(C(O)CCC(F)(F)F)cc1. The van der Waals surface area contributed by atoms with Crippen LogP contribution in [0.2, 0.25) is 0 Å². The van der Waals surface area contributed by atoms with Crippen LogP contribution in [-0.2, 0) is 0 Å². The third-order valence-electron chi connectivity index (χ3n) is 2.20. The van der Waals surface area contributed by atoms with E-state index in [1.165, 1.54) is 0 Å². The lowest BCUT2D eigenvalue weighted by Crippen LogP contribution is -2.09. The highest BCUT2D eigenvalue weighted by Crippen LogP contribution is 2.28. The summed E-state index contributed by atoms with van der Waals surface area (Å²) >= 11 is 1.55. The molecule has 0 aliphatic carbocycles. The zero-order chi connectivity index (χ0) is 12.2. The fourth-order valence-electron chi connectivity index (χ4n) is 1.29. The number of thioether (sulfide) groups is 1. The number of hydrogen-bond acceptors (Lipinski definition) is 2. The third kappa shape index (κ3) is 4.45. The fraction of sp³-hybridized carbons (Fsp3) is 0.455. The molecule has 5 heteroatoms. The second-order valence-electron chi connectivity index (χ2n) is 3.44. The van der Waals surface area contributed by atoms with Crippen LogP contribution in [0.4, 0.5) is 13.2 Å². The van der Waals surface area contributed by atoms with Gasteiger partial charge in [0.2, 0.25) is 0 Å². The minimum absolute atomic E-state index is 0.290. The zero-order valence-corrected chi connectivity index (χ0v) is 9.61. The molecule has 1 unspecified atom stereocenters. The van der Waals surface area contributed by atoms with E-state index in [1.54, 1.807) is 36.0 Å². The summed E-state index contributed by atoms with van der Waals surface area (Å²) in [5.41, 5.74) is 0.530. The van der Waals surface area contributed by atoms with E-state index >= 15 is 0 Å². The molecule has 90 valence electrons. The van der Waals surface area contributed by atoms with Gasteiger partial charge in [-0.1, -0.05) is 12.1 Å². The van der Waals surface area contributed by atoms with Crippen LogP contribution in [0.1, 0.15) is 24.5 Å². The van der Waals surface area contributed by atoms with Crippen molar-refractivity contribution in [3.63, 3.8) is 0 Å². The number of aliphatic hydroxyl groups is 1. The van der Waals surface area contributed by atoms with E-state index in [9.17, 15) is 18.3 Å². The van der Waals surface area contributed by atoms with Gasteiger partial charge in [-0.15, -0.1) is 11.8 Å². The number of benzene rings is 1. The molecule has 1 aromatic rings. The summed E-state index contributed by atoms with van der Waals surface area (Å²) in [4.78, 5) is 1.02. The topological polar surface area (TPSA) is 20.2 Å². The van der Waals surface area contributed by atoms with Gasteiger partial charge in [-0.3, -0.25) is 0 Å². The number of alkyl halides is 3. The summed E-state index contributed by atoms with van der Waals surface area (Å²) < 4.78 is 35.8. The van der Waals surface area contributed by atoms with Crippen LogP contribution in [-0.4, -0.2) is 17.5 Å². The number of halogens is 3. The summed E-state index contributed by atoms with van der Waals surface area (Å²) in [5, 5.41) is 9.54. The molecule has 16 heavy (non-hydrogen) atoms. The van der Waals surface area contributed by atoms with Gasteiger partial charge in [0.25, 0.3) is 0 Å². The Morgan fingerprint density at radius 3 is 2.25 bits per heavy atom. The van der Waals surface area contributed by atoms with Crippen molar-refractivity contribution >= 4 is 11.8 Å². The molecule has 0 spiro atoms. The summed E-state index contributed by atoms with van der Waals surface area (Å²) in [6.07, 6.45) is -4.59. The van der Waals surface area contributed by atoms with Gasteiger partial charge in [0.05, 0.1) is 6.10 Å². The molecule has 0 saturated carbocycles. The van der Waals surface area contributed by atoms with Crippen LogP contribution >= 0.6 is 11.8 Å². The number of hydrogen-bond donors (Lipinski definition) is 1. The van der Waals surface area contributed by atoms with E-state index in [2.05, 4.69) is 0 Å². The van der Waals surface area contributed by atoms with E-state index in [0.29, 0.717) is 5.56 Å². The maximum atomic E-state index is 11.9. The fourth-order valence-corrected chi connectivity index (χ4v) is 1.70. The summed E-state index contributed by atoms with van der Waals surface area (Å²) in [7, 11) is 0. The molecular formula is C11H13F3OS. The first-order valence-corrected chi connectivity index (χ1v) is 6.03. The second kappa shape index (κ2) is 5.59. The van der Waals surface area contributed by atoms with Gasteiger partial charge < -0.3 is 5.11 Å². The highest BCUT2D eigenvalue weighted by Gasteiger charge is 2.28. The smallest absolute Gasteiger partial charge is 0.388 e. The molecule has 0 aliphatic heterocycles. The summed E-state index contributed by atoms with van der Waals surface area (Å²) in [6.45, 7) is 0. The van der Waals surface area contributed by atoms with Crippen molar-refractivity contribution in [1.82, 2.24) is 0 Å². The first-order valence-electron chi connectivity index (χ1n) is 4.81. The van der Waals surface area contributed by atoms with Crippen molar-refractivity contribution in [2.24, 2.45) is 0 Å². The van der Waals surface area contributed by atoms with E-state index in [0.717, 1.165) is 4.90 Å². The van der Waals surface area contributed by atoms with Gasteiger partial charge in [0.1, 0.15) is 0 Å². The molecule has 1 N–H and O–H groups in total. The Balaban J connectivity index is 2.56. The van der Waals surface area contributed by atoms with Gasteiger partial charge >= 0.3 is 6.18 Å². The lowest BCUT2D eigenvalue weighted by atomic mass is 10.1. The van der Waals surface area contributed by atoms with Crippen LogP contribution in [0.5, 0.6) is 0 Å². The maximum Gasteiger partial charge on any atom is 0.389 e. The Morgan fingerprint density at radius 1 is 1.25 bits per heavy atom. The first kappa shape index (κ1) is 13.4. The molecule has 1 rings (SSSR count). The average Bonchev–Trinajstić information content (AvgIpc) is 2.25. The molecule has 1 aromatic carbocycles. The zero-order valence-electron chi connectivity index (χ0n) is 8.79. The molecule has 0 fully saturated rings. The molecule has 0 radical (unpaired) electrons. The standard InChI is InChI=1S/C11H13F3OS/c1-16-9-4-2-8(3-5-9)10(15)6-7-11(12,13)14/h2-5,10,15H,6-7H2,1H3. The molecule has 0 heterocycles. The normalized spacial score (nSPS) is 13.8. The minimum atomic E-state index is -4.21. The Bertz CT molecular complexity index is 321. The van der Waals surface area contributed by atoms with E-state index in [-0.39, 0.29) is 6.42 Å². The van der Waals surface area contributed by atoms with Gasteiger partial charge in [0.15, 0.2) is 0 Å². The average molecular weight is 250 g/mol. The summed E-state index contributed by atoms with van der Waals surface area (Å²) in [6, 6.07) is 6.90. The van der Waals surface area contributed by atoms with Gasteiger partial charge in [-0.05, 0) is 30.4 Å². The van der Waals surface area contributed by atoms with Gasteiger partial charge in [-0.2, -0.15) is 13.2 Å². The molecule has 0 aromatic heterocycles. The van der Waals surface area contributed by atoms with Gasteiger partial charge in [-0.25, -0.2) is 0 Å². The van der Waals surface area contributed by atoms with Crippen LogP contribution < -0.4 is 0 Å². The second-order valence-corrected chi connectivity index (χ2v) is 4.32. The minimum Gasteiger partial charge on any atom is -0.388 e. The molecule has 0 amide bonds. The predicted octanol–water partition coefficient (Wildman–Crippen LogP) is 3.78. The van der Waals surface area contributed by atoms with E-state index < -0.39 is 18.7 Å². The third-order valence-corrected chi connectivity index (χ3v) is 2.95. The lowest BCUT2D eigenvalue weighted by Gasteiger charge is -2.12. The largest absolute Gasteiger partial charge is 0.389 e. The van der Waals surface area contributed by atoms with Crippen LogP contribution in [0, 0.1) is 0 Å². The molecule has 1 atom stereocenters. The Morgan fingerprint density at radius 2 is 1.81 bits per heavy atom. The van der Waals surface area contributed by atoms with Crippen molar-refractivity contribution in [3.8, 4) is 0 Å². The summed E-state index contributed by atoms with van der Waals surface area (Å²) in [5.74, 6) is 0. The van der Waals surface area contributed by atoms with Gasteiger partial charge in [0, 0.05) is 11.3 Å². The quantitative estimate of drug-likeness (QED) is 0.820. The highest BCUT2D eigenvalue weighted by molar-refractivity contribution is 7.98. The van der Waals surface area contributed by atoms with Crippen molar-refractivity contribution in [2.45, 2.75) is 30.0 Å². The molecular weight excluding hydrogens is 237 g/mol. The first-order chi connectivity index (χ1) is 7.42. The lowest BCUT2D eigenvalue weighted by molar-refractivity contribution is -0.140. The Hall–Kier alpha value is -0.680. The van der Waals surface area contributed by atoms with Crippen LogP contribution in [0.15, 0.2) is 29.2 Å². The van der Waals surface area contributed by atoms with E-state index in [4.69, 9.17) is 0 Å². The number of aliphatic hydroxyl groups excluding tert-OH is 1. The predicted molar refractivity (Wildman–Crippen MR) is 58.5 cm³/mol. The van der Waals surface area contributed by atoms with Crippen LogP contribution in [0.3, 0.4) is 0 Å². The molecule has 0 saturated heterocycles. The number of rotatable bonds is 4. The Kier molecular flexibility index (Phi) is 4.68. The van der Waals surface area contributed by atoms with Crippen molar-refractivity contribution in [3.05, 3.63) is 29.8 Å². The maximum absolute atomic E-state index is 11.9. The van der Waals surface area contributed by atoms with Crippen LogP contribution in [0.25, 0.3) is 0 Å². The molecule has 0 aliphatic rings. The van der Waals surface area contributed by atoms with Crippen molar-refractivity contribution < 1.29 is 18.3 Å². The monoisotopic (exact) mass is 250 g/mol. The Labute approximate surface area is 96.7 Å². The van der Waals surface area contributed by atoms with Crippen molar-refractivity contribution in [1.29, 1.82) is 0 Å². The molecule has 0 bridgehead atoms.